The van der Waals surface area contributed by atoms with Gasteiger partial charge in [-0.05, 0) is 43.5 Å². The van der Waals surface area contributed by atoms with Gasteiger partial charge in [0.15, 0.2) is 0 Å². The van der Waals surface area contributed by atoms with Gasteiger partial charge in [-0.15, -0.1) is 0 Å². The number of benzene rings is 1. The van der Waals surface area contributed by atoms with Gasteiger partial charge in [0.25, 0.3) is 5.56 Å². The Kier molecular flexibility index (Phi) is 2.14. The molecule has 0 atom stereocenters. The van der Waals surface area contributed by atoms with E-state index in [-0.39, 0.29) is 5.56 Å². The number of aryl methyl sites for hydroxylation is 4. The molecule has 2 rings (SSSR count). The Labute approximate surface area is 89.2 Å². The van der Waals surface area contributed by atoms with Crippen LogP contribution in [-0.4, -0.2) is 4.57 Å². The monoisotopic (exact) mass is 201 g/mol. The van der Waals surface area contributed by atoms with Crippen LogP contribution in [0.4, 0.5) is 0 Å². The molecule has 15 heavy (non-hydrogen) atoms. The molecule has 1 heterocycles. The smallest absolute Gasteiger partial charge is 0.251 e. The zero-order valence-corrected chi connectivity index (χ0v) is 9.59. The molecule has 1 aromatic heterocycles. The average Bonchev–Trinajstić information content (AvgIpc) is 2.18. The highest BCUT2D eigenvalue weighted by Crippen LogP contribution is 2.22. The molecule has 0 spiro atoms. The Bertz CT molecular complexity index is 593. The second-order valence-corrected chi connectivity index (χ2v) is 4.13. The summed E-state index contributed by atoms with van der Waals surface area (Å²) in [5, 5.41) is 1.21. The maximum absolute atomic E-state index is 11.6. The van der Waals surface area contributed by atoms with E-state index in [0.717, 1.165) is 11.1 Å². The van der Waals surface area contributed by atoms with Crippen LogP contribution in [0.25, 0.3) is 10.9 Å². The Morgan fingerprint density at radius 3 is 2.40 bits per heavy atom. The third kappa shape index (κ3) is 1.37. The summed E-state index contributed by atoms with van der Waals surface area (Å²) < 4.78 is 1.70. The zero-order valence-electron chi connectivity index (χ0n) is 9.59. The lowest BCUT2D eigenvalue weighted by Crippen LogP contribution is -2.16. The van der Waals surface area contributed by atoms with Gasteiger partial charge in [0.05, 0.1) is 5.52 Å². The number of hydrogen-bond acceptors (Lipinski definition) is 1. The van der Waals surface area contributed by atoms with Crippen molar-refractivity contribution in [2.75, 3.05) is 0 Å². The molecule has 0 saturated carbocycles. The summed E-state index contributed by atoms with van der Waals surface area (Å²) in [4.78, 5) is 11.6. The van der Waals surface area contributed by atoms with Gasteiger partial charge in [-0.25, -0.2) is 0 Å². The van der Waals surface area contributed by atoms with Crippen LogP contribution in [0, 0.1) is 20.8 Å². The van der Waals surface area contributed by atoms with Crippen molar-refractivity contribution < 1.29 is 0 Å². The summed E-state index contributed by atoms with van der Waals surface area (Å²) in [7, 11) is 1.82. The standard InChI is InChI=1S/C13H15NO/c1-8-5-6-11-13(10(8)3)9(2)7-12(15)14(11)4/h5-7H,1-4H3. The third-order valence-corrected chi connectivity index (χ3v) is 3.14. The van der Waals surface area contributed by atoms with E-state index in [2.05, 4.69) is 19.9 Å². The molecule has 0 radical (unpaired) electrons. The molecule has 78 valence electrons. The fourth-order valence-electron chi connectivity index (χ4n) is 2.05. The fourth-order valence-corrected chi connectivity index (χ4v) is 2.05. The van der Waals surface area contributed by atoms with E-state index in [1.807, 2.05) is 20.0 Å². The summed E-state index contributed by atoms with van der Waals surface area (Å²) in [6.07, 6.45) is 0. The van der Waals surface area contributed by atoms with E-state index < -0.39 is 0 Å². The van der Waals surface area contributed by atoms with Crippen molar-refractivity contribution in [3.8, 4) is 0 Å². The lowest BCUT2D eigenvalue weighted by Gasteiger charge is -2.11. The van der Waals surface area contributed by atoms with E-state index in [0.29, 0.717) is 0 Å². The van der Waals surface area contributed by atoms with Crippen LogP contribution in [0.15, 0.2) is 23.0 Å². The van der Waals surface area contributed by atoms with Gasteiger partial charge in [-0.3, -0.25) is 4.79 Å². The van der Waals surface area contributed by atoms with Gasteiger partial charge < -0.3 is 4.57 Å². The van der Waals surface area contributed by atoms with Crippen molar-refractivity contribution in [3.05, 3.63) is 45.2 Å². The van der Waals surface area contributed by atoms with E-state index in [4.69, 9.17) is 0 Å². The predicted octanol–water partition coefficient (Wildman–Crippen LogP) is 2.46. The van der Waals surface area contributed by atoms with Gasteiger partial charge in [0, 0.05) is 18.5 Å². The first-order chi connectivity index (χ1) is 7.02. The summed E-state index contributed by atoms with van der Waals surface area (Å²) in [5.41, 5.74) is 4.67. The Hall–Kier alpha value is -1.57. The van der Waals surface area contributed by atoms with Crippen molar-refractivity contribution in [3.63, 3.8) is 0 Å². The van der Waals surface area contributed by atoms with Gasteiger partial charge in [0.2, 0.25) is 0 Å². The molecule has 2 nitrogen and oxygen atoms in total. The van der Waals surface area contributed by atoms with E-state index in [1.165, 1.54) is 16.5 Å². The highest BCUT2D eigenvalue weighted by molar-refractivity contribution is 5.86. The molecule has 2 heteroatoms. The van der Waals surface area contributed by atoms with Crippen molar-refractivity contribution >= 4 is 10.9 Å². The number of aromatic nitrogens is 1. The number of nitrogens with zero attached hydrogens (tertiary/aromatic N) is 1. The number of rotatable bonds is 0. The second-order valence-electron chi connectivity index (χ2n) is 4.13. The lowest BCUT2D eigenvalue weighted by atomic mass is 10.0. The molecule has 0 unspecified atom stereocenters. The first-order valence-corrected chi connectivity index (χ1v) is 5.09. The molecule has 0 bridgehead atoms. The van der Waals surface area contributed by atoms with Crippen molar-refractivity contribution in [1.29, 1.82) is 0 Å². The molecule has 0 fully saturated rings. The molecular weight excluding hydrogens is 186 g/mol. The van der Waals surface area contributed by atoms with Gasteiger partial charge >= 0.3 is 0 Å². The normalized spacial score (nSPS) is 10.9. The average molecular weight is 201 g/mol. The fraction of sp³-hybridized carbons (Fsp3) is 0.308. The molecule has 0 amide bonds. The number of hydrogen-bond donors (Lipinski definition) is 0. The van der Waals surface area contributed by atoms with Crippen LogP contribution in [-0.2, 0) is 7.05 Å². The minimum Gasteiger partial charge on any atom is -0.311 e. The predicted molar refractivity (Wildman–Crippen MR) is 63.4 cm³/mol. The van der Waals surface area contributed by atoms with Gasteiger partial charge in [0.1, 0.15) is 0 Å². The van der Waals surface area contributed by atoms with Crippen LogP contribution >= 0.6 is 0 Å². The SMILES string of the molecule is Cc1ccc2c(c(C)cc(=O)n2C)c1C. The molecule has 0 aliphatic rings. The van der Waals surface area contributed by atoms with Gasteiger partial charge in [-0.1, -0.05) is 6.07 Å². The second kappa shape index (κ2) is 3.23. The first-order valence-electron chi connectivity index (χ1n) is 5.09. The number of pyridine rings is 1. The Morgan fingerprint density at radius 1 is 1.07 bits per heavy atom. The van der Waals surface area contributed by atoms with Crippen molar-refractivity contribution in [1.82, 2.24) is 4.57 Å². The first kappa shape index (κ1) is 9.97. The topological polar surface area (TPSA) is 22.0 Å². The number of fused-ring (bicyclic) bond motifs is 1. The molecule has 0 saturated heterocycles. The molecular formula is C13H15NO. The largest absolute Gasteiger partial charge is 0.311 e. The minimum atomic E-state index is 0.0586. The van der Waals surface area contributed by atoms with Gasteiger partial charge in [-0.2, -0.15) is 0 Å². The van der Waals surface area contributed by atoms with Crippen LogP contribution in [0.1, 0.15) is 16.7 Å². The highest BCUT2D eigenvalue weighted by Gasteiger charge is 2.07. The van der Waals surface area contributed by atoms with E-state index >= 15 is 0 Å². The quantitative estimate of drug-likeness (QED) is 0.641. The molecule has 0 aliphatic carbocycles. The van der Waals surface area contributed by atoms with Crippen LogP contribution in [0.5, 0.6) is 0 Å². The van der Waals surface area contributed by atoms with E-state index in [9.17, 15) is 4.79 Å². The minimum absolute atomic E-state index is 0.0586. The van der Waals surface area contributed by atoms with Crippen LogP contribution < -0.4 is 5.56 Å². The Balaban J connectivity index is 3.09. The lowest BCUT2D eigenvalue weighted by molar-refractivity contribution is 0.901. The van der Waals surface area contributed by atoms with E-state index in [1.54, 1.807) is 10.6 Å². The maximum Gasteiger partial charge on any atom is 0.251 e. The molecule has 1 aromatic carbocycles. The Morgan fingerprint density at radius 2 is 1.73 bits per heavy atom. The zero-order chi connectivity index (χ0) is 11.2. The van der Waals surface area contributed by atoms with Crippen LogP contribution in [0.2, 0.25) is 0 Å². The molecule has 2 aromatic rings. The third-order valence-electron chi connectivity index (χ3n) is 3.14. The summed E-state index contributed by atoms with van der Waals surface area (Å²) >= 11 is 0. The van der Waals surface area contributed by atoms with Crippen molar-refractivity contribution in [2.24, 2.45) is 7.05 Å². The van der Waals surface area contributed by atoms with Crippen LogP contribution in [0.3, 0.4) is 0 Å². The highest BCUT2D eigenvalue weighted by atomic mass is 16.1. The summed E-state index contributed by atoms with van der Waals surface area (Å²) in [6.45, 7) is 6.20. The van der Waals surface area contributed by atoms with Crippen molar-refractivity contribution in [2.45, 2.75) is 20.8 Å². The molecule has 0 aliphatic heterocycles. The molecule has 0 N–H and O–H groups in total. The summed E-state index contributed by atoms with van der Waals surface area (Å²) in [5.74, 6) is 0. The maximum atomic E-state index is 11.6. The summed E-state index contributed by atoms with van der Waals surface area (Å²) in [6, 6.07) is 5.79.